The number of rotatable bonds is 6. The standard InChI is InChI=1S/C24H34FN5OS/c1-17-13-18(2)15-29(14-17)23(31)19(3)32-24-27-26-22(16-28-11-5-4-6-12-28)30(24)21-9-7-20(25)8-10-21/h7-10,17-19H,4-6,11-16H2,1-3H3. The minimum absolute atomic E-state index is 0.152. The van der Waals surface area contributed by atoms with Crippen molar-refractivity contribution in [3.8, 4) is 5.69 Å². The zero-order chi connectivity index (χ0) is 22.7. The van der Waals surface area contributed by atoms with Crippen LogP contribution < -0.4 is 0 Å². The van der Waals surface area contributed by atoms with E-state index in [0.29, 0.717) is 23.5 Å². The van der Waals surface area contributed by atoms with Crippen LogP contribution in [0, 0.1) is 17.7 Å². The molecular weight excluding hydrogens is 425 g/mol. The van der Waals surface area contributed by atoms with Crippen molar-refractivity contribution in [3.05, 3.63) is 35.9 Å². The van der Waals surface area contributed by atoms with Gasteiger partial charge in [0.05, 0.1) is 11.8 Å². The molecule has 2 aliphatic heterocycles. The Hall–Kier alpha value is -1.93. The topological polar surface area (TPSA) is 54.3 Å². The maximum atomic E-state index is 13.6. The number of amides is 1. The molecule has 0 bridgehead atoms. The van der Waals surface area contributed by atoms with Gasteiger partial charge >= 0.3 is 0 Å². The van der Waals surface area contributed by atoms with E-state index in [1.54, 1.807) is 12.1 Å². The lowest BCUT2D eigenvalue weighted by molar-refractivity contribution is -0.132. The Morgan fingerprint density at radius 2 is 1.75 bits per heavy atom. The van der Waals surface area contributed by atoms with Gasteiger partial charge < -0.3 is 4.90 Å². The number of likely N-dealkylation sites (tertiary alicyclic amines) is 2. The van der Waals surface area contributed by atoms with E-state index in [1.807, 2.05) is 16.4 Å². The first-order valence-electron chi connectivity index (χ1n) is 11.8. The summed E-state index contributed by atoms with van der Waals surface area (Å²) in [6, 6.07) is 6.42. The fourth-order valence-electron chi connectivity index (χ4n) is 4.95. The van der Waals surface area contributed by atoms with E-state index in [2.05, 4.69) is 28.9 Å². The van der Waals surface area contributed by atoms with Crippen LogP contribution in [0.2, 0.25) is 0 Å². The van der Waals surface area contributed by atoms with E-state index in [-0.39, 0.29) is 17.0 Å². The second-order valence-electron chi connectivity index (χ2n) is 9.50. The Morgan fingerprint density at radius 1 is 1.09 bits per heavy atom. The number of thioether (sulfide) groups is 1. The van der Waals surface area contributed by atoms with Crippen molar-refractivity contribution in [1.29, 1.82) is 0 Å². The van der Waals surface area contributed by atoms with E-state index >= 15 is 0 Å². The monoisotopic (exact) mass is 459 g/mol. The van der Waals surface area contributed by atoms with Gasteiger partial charge in [-0.2, -0.15) is 0 Å². The smallest absolute Gasteiger partial charge is 0.235 e. The summed E-state index contributed by atoms with van der Waals surface area (Å²) in [5.74, 6) is 1.77. The normalized spacial score (nSPS) is 23.3. The zero-order valence-electron chi connectivity index (χ0n) is 19.3. The van der Waals surface area contributed by atoms with Gasteiger partial charge in [-0.25, -0.2) is 4.39 Å². The lowest BCUT2D eigenvalue weighted by Gasteiger charge is -2.36. The van der Waals surface area contributed by atoms with Crippen LogP contribution in [0.25, 0.3) is 5.69 Å². The van der Waals surface area contributed by atoms with Crippen molar-refractivity contribution in [1.82, 2.24) is 24.6 Å². The molecule has 174 valence electrons. The van der Waals surface area contributed by atoms with E-state index in [0.717, 1.165) is 37.7 Å². The summed E-state index contributed by atoms with van der Waals surface area (Å²) in [5, 5.41) is 9.37. The van der Waals surface area contributed by atoms with Gasteiger partial charge in [-0.15, -0.1) is 10.2 Å². The molecule has 6 nitrogen and oxygen atoms in total. The van der Waals surface area contributed by atoms with E-state index in [4.69, 9.17) is 0 Å². The number of aromatic nitrogens is 3. The Bertz CT molecular complexity index is 902. The van der Waals surface area contributed by atoms with Crippen LogP contribution in [-0.2, 0) is 11.3 Å². The van der Waals surface area contributed by atoms with Crippen molar-refractivity contribution in [3.63, 3.8) is 0 Å². The Labute approximate surface area is 194 Å². The zero-order valence-corrected chi connectivity index (χ0v) is 20.2. The lowest BCUT2D eigenvalue weighted by atomic mass is 9.92. The summed E-state index contributed by atoms with van der Waals surface area (Å²) in [5.41, 5.74) is 0.825. The highest BCUT2D eigenvalue weighted by molar-refractivity contribution is 8.00. The Kier molecular flexibility index (Phi) is 7.51. The van der Waals surface area contributed by atoms with Crippen molar-refractivity contribution in [2.24, 2.45) is 11.8 Å². The van der Waals surface area contributed by atoms with Crippen LogP contribution >= 0.6 is 11.8 Å². The summed E-state index contributed by atoms with van der Waals surface area (Å²) in [6.07, 6.45) is 4.84. The summed E-state index contributed by atoms with van der Waals surface area (Å²) in [6.45, 7) is 10.8. The maximum absolute atomic E-state index is 13.6. The first-order valence-corrected chi connectivity index (χ1v) is 12.7. The Balaban J connectivity index is 1.55. The quantitative estimate of drug-likeness (QED) is 0.600. The molecule has 1 aromatic carbocycles. The van der Waals surface area contributed by atoms with Gasteiger partial charge in [0.25, 0.3) is 0 Å². The molecule has 32 heavy (non-hydrogen) atoms. The molecule has 1 aromatic heterocycles. The van der Waals surface area contributed by atoms with Crippen LogP contribution in [0.4, 0.5) is 4.39 Å². The van der Waals surface area contributed by atoms with Crippen molar-refractivity contribution < 1.29 is 9.18 Å². The molecule has 3 heterocycles. The van der Waals surface area contributed by atoms with Crippen LogP contribution in [0.5, 0.6) is 0 Å². The molecule has 0 aliphatic carbocycles. The van der Waals surface area contributed by atoms with Crippen molar-refractivity contribution in [2.75, 3.05) is 26.2 Å². The van der Waals surface area contributed by atoms with E-state index in [1.165, 1.54) is 49.6 Å². The number of hydrogen-bond acceptors (Lipinski definition) is 5. The van der Waals surface area contributed by atoms with E-state index < -0.39 is 0 Å². The van der Waals surface area contributed by atoms with Gasteiger partial charge in [0, 0.05) is 18.8 Å². The number of carbonyl (C=O) groups is 1. The van der Waals surface area contributed by atoms with Gasteiger partial charge in [-0.05, 0) is 75.4 Å². The molecule has 0 spiro atoms. The van der Waals surface area contributed by atoms with Gasteiger partial charge in [-0.3, -0.25) is 14.3 Å². The maximum Gasteiger partial charge on any atom is 0.235 e. The van der Waals surface area contributed by atoms with Gasteiger partial charge in [0.2, 0.25) is 5.91 Å². The van der Waals surface area contributed by atoms with Gasteiger partial charge in [-0.1, -0.05) is 32.0 Å². The number of piperidine rings is 2. The second-order valence-corrected chi connectivity index (χ2v) is 10.8. The fourth-order valence-corrected chi connectivity index (χ4v) is 5.92. The predicted molar refractivity (Wildman–Crippen MR) is 125 cm³/mol. The number of nitrogens with zero attached hydrogens (tertiary/aromatic N) is 5. The highest BCUT2D eigenvalue weighted by atomic mass is 32.2. The third-order valence-corrected chi connectivity index (χ3v) is 7.44. The molecule has 2 aliphatic rings. The van der Waals surface area contributed by atoms with Crippen LogP contribution in [0.15, 0.2) is 29.4 Å². The van der Waals surface area contributed by atoms with Crippen molar-refractivity contribution >= 4 is 17.7 Å². The molecule has 3 atom stereocenters. The molecule has 2 aromatic rings. The molecule has 8 heteroatoms. The van der Waals surface area contributed by atoms with Crippen LogP contribution in [0.3, 0.4) is 0 Å². The van der Waals surface area contributed by atoms with E-state index in [9.17, 15) is 9.18 Å². The van der Waals surface area contributed by atoms with Crippen molar-refractivity contribution in [2.45, 2.75) is 63.4 Å². The Morgan fingerprint density at radius 3 is 2.41 bits per heavy atom. The lowest BCUT2D eigenvalue weighted by Crippen LogP contribution is -2.45. The average molecular weight is 460 g/mol. The third kappa shape index (κ3) is 5.52. The molecule has 4 rings (SSSR count). The SMILES string of the molecule is CC1CC(C)CN(C(=O)C(C)Sc2nnc(CN3CCCCC3)n2-c2ccc(F)cc2)C1. The minimum atomic E-state index is -0.273. The number of benzene rings is 1. The summed E-state index contributed by atoms with van der Waals surface area (Å²) in [4.78, 5) is 17.6. The fraction of sp³-hybridized carbons (Fsp3) is 0.625. The molecule has 0 saturated carbocycles. The first kappa shape index (κ1) is 23.2. The van der Waals surface area contributed by atoms with Gasteiger partial charge in [0.1, 0.15) is 5.82 Å². The largest absolute Gasteiger partial charge is 0.341 e. The van der Waals surface area contributed by atoms with Crippen LogP contribution in [0.1, 0.15) is 52.3 Å². The molecule has 3 unspecified atom stereocenters. The number of hydrogen-bond donors (Lipinski definition) is 0. The third-order valence-electron chi connectivity index (χ3n) is 6.41. The minimum Gasteiger partial charge on any atom is -0.341 e. The predicted octanol–water partition coefficient (Wildman–Crippen LogP) is 4.38. The molecule has 2 saturated heterocycles. The molecule has 2 fully saturated rings. The summed E-state index contributed by atoms with van der Waals surface area (Å²) in [7, 11) is 0. The molecule has 0 radical (unpaired) electrons. The summed E-state index contributed by atoms with van der Waals surface area (Å²) < 4.78 is 15.6. The molecule has 0 N–H and O–H groups in total. The number of carbonyl (C=O) groups excluding carboxylic acids is 1. The molecule has 1 amide bonds. The second kappa shape index (κ2) is 10.3. The van der Waals surface area contributed by atoms with Gasteiger partial charge in [0.15, 0.2) is 11.0 Å². The highest BCUT2D eigenvalue weighted by Crippen LogP contribution is 2.29. The summed E-state index contributed by atoms with van der Waals surface area (Å²) >= 11 is 1.44. The van der Waals surface area contributed by atoms with Crippen LogP contribution in [-0.4, -0.2) is 61.9 Å². The highest BCUT2D eigenvalue weighted by Gasteiger charge is 2.30. The number of halogens is 1. The molecular formula is C24H34FN5OS. The average Bonchev–Trinajstić information content (AvgIpc) is 3.15. The first-order chi connectivity index (χ1) is 15.4.